The molecule has 2 atom stereocenters. The minimum absolute atomic E-state index is 0.0211. The highest BCUT2D eigenvalue weighted by atomic mass is 32.2. The number of nitrogens with zero attached hydrogens (tertiary/aromatic N) is 2. The van der Waals surface area contributed by atoms with Crippen molar-refractivity contribution in [2.24, 2.45) is 0 Å². The number of anilines is 1. The molecule has 20 heavy (non-hydrogen) atoms. The number of ether oxygens (including phenoxy) is 1. The first-order chi connectivity index (χ1) is 9.70. The SMILES string of the molecule is CC1CC(Sc2nnc(NC3CCCCC3)s2)C(=O)O1. The molecule has 1 aliphatic heterocycles. The lowest BCUT2D eigenvalue weighted by Crippen LogP contribution is -2.21. The fraction of sp³-hybridized carbons (Fsp3) is 0.769. The van der Waals surface area contributed by atoms with Crippen LogP contribution in [0.4, 0.5) is 5.13 Å². The Balaban J connectivity index is 1.55. The van der Waals surface area contributed by atoms with Gasteiger partial charge in [-0.15, -0.1) is 10.2 Å². The minimum atomic E-state index is -0.125. The topological polar surface area (TPSA) is 64.1 Å². The predicted molar refractivity (Wildman–Crippen MR) is 80.2 cm³/mol. The van der Waals surface area contributed by atoms with E-state index in [4.69, 9.17) is 4.74 Å². The molecular formula is C13H19N3O2S2. The van der Waals surface area contributed by atoms with Gasteiger partial charge < -0.3 is 10.1 Å². The Bertz CT molecular complexity index is 474. The largest absolute Gasteiger partial charge is 0.462 e. The first kappa shape index (κ1) is 14.1. The van der Waals surface area contributed by atoms with Gasteiger partial charge in [-0.25, -0.2) is 0 Å². The van der Waals surface area contributed by atoms with Crippen molar-refractivity contribution < 1.29 is 9.53 Å². The molecule has 0 amide bonds. The maximum atomic E-state index is 11.6. The molecule has 0 bridgehead atoms. The summed E-state index contributed by atoms with van der Waals surface area (Å²) < 4.78 is 6.00. The number of carbonyl (C=O) groups is 1. The van der Waals surface area contributed by atoms with Crippen molar-refractivity contribution in [3.05, 3.63) is 0 Å². The summed E-state index contributed by atoms with van der Waals surface area (Å²) in [5.74, 6) is -0.125. The quantitative estimate of drug-likeness (QED) is 0.862. The van der Waals surface area contributed by atoms with Crippen LogP contribution in [-0.2, 0) is 9.53 Å². The summed E-state index contributed by atoms with van der Waals surface area (Å²) in [6.45, 7) is 1.93. The first-order valence-corrected chi connectivity index (χ1v) is 8.87. The molecule has 1 aromatic heterocycles. The highest BCUT2D eigenvalue weighted by Gasteiger charge is 2.33. The molecular weight excluding hydrogens is 294 g/mol. The summed E-state index contributed by atoms with van der Waals surface area (Å²) >= 11 is 3.01. The number of nitrogens with one attached hydrogen (secondary N) is 1. The van der Waals surface area contributed by atoms with Gasteiger partial charge in [0.25, 0.3) is 0 Å². The molecule has 1 aliphatic carbocycles. The molecule has 3 rings (SSSR count). The van der Waals surface area contributed by atoms with E-state index in [1.807, 2.05) is 6.92 Å². The maximum absolute atomic E-state index is 11.6. The van der Waals surface area contributed by atoms with Crippen LogP contribution in [0.3, 0.4) is 0 Å². The number of esters is 1. The molecule has 0 spiro atoms. The van der Waals surface area contributed by atoms with E-state index in [0.29, 0.717) is 6.04 Å². The Labute approximate surface area is 126 Å². The van der Waals surface area contributed by atoms with E-state index in [0.717, 1.165) is 15.9 Å². The van der Waals surface area contributed by atoms with E-state index in [-0.39, 0.29) is 17.3 Å². The maximum Gasteiger partial charge on any atom is 0.319 e. The molecule has 0 aromatic carbocycles. The van der Waals surface area contributed by atoms with E-state index in [9.17, 15) is 4.79 Å². The van der Waals surface area contributed by atoms with Crippen molar-refractivity contribution in [3.63, 3.8) is 0 Å². The summed E-state index contributed by atoms with van der Waals surface area (Å²) in [4.78, 5) is 11.6. The third-order valence-electron chi connectivity index (χ3n) is 3.71. The average Bonchev–Trinajstić information content (AvgIpc) is 2.98. The van der Waals surface area contributed by atoms with Crippen LogP contribution in [0.2, 0.25) is 0 Å². The number of rotatable bonds is 4. The number of carbonyl (C=O) groups excluding carboxylic acids is 1. The standard InChI is InChI=1S/C13H19N3O2S2/c1-8-7-10(11(17)18-8)19-13-16-15-12(20-13)14-9-5-3-2-4-6-9/h8-10H,2-7H2,1H3,(H,14,15). The second kappa shape index (κ2) is 6.30. The van der Waals surface area contributed by atoms with Crippen molar-refractivity contribution in [1.82, 2.24) is 10.2 Å². The van der Waals surface area contributed by atoms with Crippen molar-refractivity contribution in [3.8, 4) is 0 Å². The van der Waals surface area contributed by atoms with E-state index in [2.05, 4.69) is 15.5 Å². The predicted octanol–water partition coefficient (Wildman–Crippen LogP) is 3.08. The van der Waals surface area contributed by atoms with Crippen LogP contribution in [0.1, 0.15) is 45.4 Å². The summed E-state index contributed by atoms with van der Waals surface area (Å²) in [5.41, 5.74) is 0. The van der Waals surface area contributed by atoms with Crippen molar-refractivity contribution in [2.45, 2.75) is 67.2 Å². The number of thioether (sulfide) groups is 1. The normalized spacial score (nSPS) is 27.6. The van der Waals surface area contributed by atoms with Crippen molar-refractivity contribution in [2.75, 3.05) is 5.32 Å². The highest BCUT2D eigenvalue weighted by Crippen LogP contribution is 2.35. The number of hydrogen-bond acceptors (Lipinski definition) is 7. The van der Waals surface area contributed by atoms with Gasteiger partial charge in [0.2, 0.25) is 5.13 Å². The van der Waals surface area contributed by atoms with Gasteiger partial charge in [-0.05, 0) is 19.8 Å². The van der Waals surface area contributed by atoms with E-state index >= 15 is 0 Å². The lowest BCUT2D eigenvalue weighted by atomic mass is 9.96. The van der Waals surface area contributed by atoms with Crippen LogP contribution in [0, 0.1) is 0 Å². The van der Waals surface area contributed by atoms with Gasteiger partial charge in [0.1, 0.15) is 11.4 Å². The Morgan fingerprint density at radius 1 is 1.30 bits per heavy atom. The second-order valence-electron chi connectivity index (χ2n) is 5.44. The summed E-state index contributed by atoms with van der Waals surface area (Å²) in [6.07, 6.45) is 7.15. The van der Waals surface area contributed by atoms with Gasteiger partial charge in [-0.2, -0.15) is 0 Å². The van der Waals surface area contributed by atoms with Crippen LogP contribution in [0.25, 0.3) is 0 Å². The van der Waals surface area contributed by atoms with Crippen molar-refractivity contribution in [1.29, 1.82) is 0 Å². The summed E-state index contributed by atoms with van der Waals surface area (Å²) in [7, 11) is 0. The summed E-state index contributed by atoms with van der Waals surface area (Å²) in [5, 5.41) is 12.6. The fourth-order valence-corrected chi connectivity index (χ4v) is 4.86. The molecule has 1 saturated heterocycles. The zero-order chi connectivity index (χ0) is 13.9. The molecule has 2 fully saturated rings. The molecule has 7 heteroatoms. The van der Waals surface area contributed by atoms with E-state index in [1.165, 1.54) is 55.2 Å². The van der Waals surface area contributed by atoms with Crippen LogP contribution in [-0.4, -0.2) is 33.6 Å². The summed E-state index contributed by atoms with van der Waals surface area (Å²) in [6, 6.07) is 0.533. The van der Waals surface area contributed by atoms with Crippen LogP contribution in [0.5, 0.6) is 0 Å². The molecule has 1 aromatic rings. The second-order valence-corrected chi connectivity index (χ2v) is 7.87. The molecule has 110 valence electrons. The number of cyclic esters (lactones) is 1. The Morgan fingerprint density at radius 3 is 2.80 bits per heavy atom. The van der Waals surface area contributed by atoms with E-state index < -0.39 is 0 Å². The Morgan fingerprint density at radius 2 is 2.10 bits per heavy atom. The van der Waals surface area contributed by atoms with Crippen molar-refractivity contribution >= 4 is 34.2 Å². The van der Waals surface area contributed by atoms with Crippen LogP contribution in [0.15, 0.2) is 4.34 Å². The number of hydrogen-bond donors (Lipinski definition) is 1. The smallest absolute Gasteiger partial charge is 0.319 e. The average molecular weight is 313 g/mol. The van der Waals surface area contributed by atoms with Gasteiger partial charge >= 0.3 is 5.97 Å². The third-order valence-corrected chi connectivity index (χ3v) is 5.85. The Kier molecular flexibility index (Phi) is 4.45. The zero-order valence-electron chi connectivity index (χ0n) is 11.5. The minimum Gasteiger partial charge on any atom is -0.462 e. The lowest BCUT2D eigenvalue weighted by molar-refractivity contribution is -0.140. The monoisotopic (exact) mass is 313 g/mol. The Hall–Kier alpha value is -0.820. The zero-order valence-corrected chi connectivity index (χ0v) is 13.1. The van der Waals surface area contributed by atoms with Crippen LogP contribution < -0.4 is 5.32 Å². The molecule has 1 N–H and O–H groups in total. The molecule has 2 unspecified atom stereocenters. The van der Waals surface area contributed by atoms with Gasteiger partial charge in [0.05, 0.1) is 0 Å². The third kappa shape index (κ3) is 3.44. The van der Waals surface area contributed by atoms with Gasteiger partial charge in [0, 0.05) is 12.5 Å². The first-order valence-electron chi connectivity index (χ1n) is 7.18. The van der Waals surface area contributed by atoms with Gasteiger partial charge in [-0.1, -0.05) is 42.4 Å². The van der Waals surface area contributed by atoms with Gasteiger partial charge in [-0.3, -0.25) is 4.79 Å². The fourth-order valence-electron chi connectivity index (χ4n) is 2.68. The molecule has 0 radical (unpaired) electrons. The molecule has 5 nitrogen and oxygen atoms in total. The molecule has 1 saturated carbocycles. The van der Waals surface area contributed by atoms with Crippen LogP contribution >= 0.6 is 23.1 Å². The number of aromatic nitrogens is 2. The van der Waals surface area contributed by atoms with E-state index in [1.54, 1.807) is 0 Å². The molecule has 2 heterocycles. The highest BCUT2D eigenvalue weighted by molar-refractivity contribution is 8.02. The molecule has 2 aliphatic rings. The van der Waals surface area contributed by atoms with Gasteiger partial charge in [0.15, 0.2) is 4.34 Å². The lowest BCUT2D eigenvalue weighted by Gasteiger charge is -2.21.